The zero-order chi connectivity index (χ0) is 9.97. The fourth-order valence-corrected chi connectivity index (χ4v) is 2.11. The number of nitriles is 1. The number of nitrogens with zero attached hydrogens (tertiary/aromatic N) is 2. The molecule has 1 heterocycles. The molecule has 1 unspecified atom stereocenters. The molecule has 14 heavy (non-hydrogen) atoms. The molecule has 0 saturated carbocycles. The summed E-state index contributed by atoms with van der Waals surface area (Å²) in [4.78, 5) is 4.08. The van der Waals surface area contributed by atoms with Gasteiger partial charge >= 0.3 is 0 Å². The molecule has 1 aromatic rings. The zero-order valence-corrected chi connectivity index (χ0v) is 8.09. The molecule has 0 saturated heterocycles. The average Bonchev–Trinajstić information content (AvgIpc) is 2.71. The van der Waals surface area contributed by atoms with Gasteiger partial charge in [0.15, 0.2) is 0 Å². The number of hydrogen-bond acceptors (Lipinski definition) is 3. The zero-order valence-electron chi connectivity index (χ0n) is 7.27. The number of halogens is 1. The summed E-state index contributed by atoms with van der Waals surface area (Å²) in [5, 5.41) is 8.90. The minimum absolute atomic E-state index is 0.106. The Morgan fingerprint density at radius 3 is 3.07 bits per heavy atom. The van der Waals surface area contributed by atoms with E-state index in [-0.39, 0.29) is 10.8 Å². The lowest BCUT2D eigenvalue weighted by molar-refractivity contribution is 0.623. The monoisotopic (exact) mass is 206 g/mol. The molecule has 0 N–H and O–H groups in total. The van der Waals surface area contributed by atoms with E-state index in [4.69, 9.17) is 5.26 Å². The van der Waals surface area contributed by atoms with E-state index >= 15 is 0 Å². The van der Waals surface area contributed by atoms with Crippen LogP contribution in [0.5, 0.6) is 0 Å². The van der Waals surface area contributed by atoms with Crippen molar-refractivity contribution in [2.75, 3.05) is 6.54 Å². The van der Waals surface area contributed by atoms with Crippen LogP contribution in [-0.4, -0.2) is 12.1 Å². The first-order valence-corrected chi connectivity index (χ1v) is 5.09. The fourth-order valence-electron chi connectivity index (χ4n) is 1.31. The molecule has 0 aromatic heterocycles. The predicted octanol–water partition coefficient (Wildman–Crippen LogP) is 2.51. The van der Waals surface area contributed by atoms with Gasteiger partial charge in [0.05, 0.1) is 22.9 Å². The molecule has 0 bridgehead atoms. The molecule has 70 valence electrons. The molecule has 1 aliphatic heterocycles. The van der Waals surface area contributed by atoms with Gasteiger partial charge in [-0.25, -0.2) is 4.39 Å². The summed E-state index contributed by atoms with van der Waals surface area (Å²) in [5.41, 5.74) is 2.86. The number of aliphatic imine (C=N–C) groups is 1. The normalized spacial score (nSPS) is 19.6. The highest BCUT2D eigenvalue weighted by Gasteiger charge is 2.16. The maximum Gasteiger partial charge on any atom is 0.140 e. The molecule has 0 amide bonds. The number of rotatable bonds is 1. The lowest BCUT2D eigenvalue weighted by Crippen LogP contribution is -1.95. The third-order valence-electron chi connectivity index (χ3n) is 2.05. The molecule has 1 aliphatic rings. The summed E-state index contributed by atoms with van der Waals surface area (Å²) in [5.74, 6) is -0.458. The highest BCUT2D eigenvalue weighted by molar-refractivity contribution is 8.12. The van der Waals surface area contributed by atoms with Crippen LogP contribution in [0.4, 0.5) is 4.39 Å². The Labute approximate surface area is 85.5 Å². The van der Waals surface area contributed by atoms with E-state index in [0.29, 0.717) is 6.54 Å². The smallest absolute Gasteiger partial charge is 0.140 e. The Balaban J connectivity index is 2.32. The Hall–Kier alpha value is -1.34. The lowest BCUT2D eigenvalue weighted by Gasteiger charge is -2.07. The van der Waals surface area contributed by atoms with Crippen LogP contribution in [0.25, 0.3) is 0 Å². The van der Waals surface area contributed by atoms with Crippen LogP contribution in [0.1, 0.15) is 16.4 Å². The molecule has 0 spiro atoms. The van der Waals surface area contributed by atoms with Crippen molar-refractivity contribution in [2.24, 2.45) is 4.99 Å². The molecular weight excluding hydrogens is 199 g/mol. The van der Waals surface area contributed by atoms with Crippen molar-refractivity contribution in [2.45, 2.75) is 5.25 Å². The lowest BCUT2D eigenvalue weighted by atomic mass is 10.1. The van der Waals surface area contributed by atoms with Crippen molar-refractivity contribution in [1.82, 2.24) is 0 Å². The molecule has 0 aliphatic carbocycles. The number of benzene rings is 1. The summed E-state index contributed by atoms with van der Waals surface area (Å²) >= 11 is 1.60. The minimum atomic E-state index is -0.458. The van der Waals surface area contributed by atoms with Crippen LogP contribution in [0, 0.1) is 17.1 Å². The maximum absolute atomic E-state index is 13.0. The summed E-state index contributed by atoms with van der Waals surface area (Å²) < 4.78 is 13.0. The van der Waals surface area contributed by atoms with E-state index < -0.39 is 5.82 Å². The number of thioether (sulfide) groups is 1. The SMILES string of the molecule is N#Cc1cc(C2CN=CS2)ccc1F. The Bertz CT molecular complexity index is 415. The van der Waals surface area contributed by atoms with Gasteiger partial charge < -0.3 is 0 Å². The van der Waals surface area contributed by atoms with E-state index in [1.165, 1.54) is 6.07 Å². The Morgan fingerprint density at radius 2 is 2.43 bits per heavy atom. The number of hydrogen-bond donors (Lipinski definition) is 0. The van der Waals surface area contributed by atoms with Crippen molar-refractivity contribution < 1.29 is 4.39 Å². The largest absolute Gasteiger partial charge is 0.285 e. The second-order valence-electron chi connectivity index (χ2n) is 2.95. The van der Waals surface area contributed by atoms with Gasteiger partial charge in [0.1, 0.15) is 11.9 Å². The second kappa shape index (κ2) is 3.81. The van der Waals surface area contributed by atoms with Gasteiger partial charge in [0.2, 0.25) is 0 Å². The molecule has 1 aromatic carbocycles. The highest BCUT2D eigenvalue weighted by atomic mass is 32.2. The topological polar surface area (TPSA) is 36.1 Å². The summed E-state index contributed by atoms with van der Waals surface area (Å²) in [6, 6.07) is 6.48. The average molecular weight is 206 g/mol. The van der Waals surface area contributed by atoms with Crippen LogP contribution >= 0.6 is 11.8 Å². The highest BCUT2D eigenvalue weighted by Crippen LogP contribution is 2.32. The fraction of sp³-hybridized carbons (Fsp3) is 0.200. The quantitative estimate of drug-likeness (QED) is 0.707. The van der Waals surface area contributed by atoms with Crippen molar-refractivity contribution in [1.29, 1.82) is 5.26 Å². The van der Waals surface area contributed by atoms with Crippen molar-refractivity contribution >= 4 is 17.3 Å². The van der Waals surface area contributed by atoms with Crippen molar-refractivity contribution in [3.63, 3.8) is 0 Å². The van der Waals surface area contributed by atoms with Gasteiger partial charge in [-0.05, 0) is 17.7 Å². The van der Waals surface area contributed by atoms with Gasteiger partial charge in [-0.15, -0.1) is 11.8 Å². The van der Waals surface area contributed by atoms with Gasteiger partial charge in [-0.3, -0.25) is 4.99 Å². The van der Waals surface area contributed by atoms with E-state index in [1.54, 1.807) is 29.4 Å². The van der Waals surface area contributed by atoms with E-state index in [0.717, 1.165) is 5.56 Å². The van der Waals surface area contributed by atoms with Gasteiger partial charge in [-0.2, -0.15) is 5.26 Å². The van der Waals surface area contributed by atoms with Crippen LogP contribution in [0.2, 0.25) is 0 Å². The third kappa shape index (κ3) is 1.64. The summed E-state index contributed by atoms with van der Waals surface area (Å²) in [6.07, 6.45) is 0. The van der Waals surface area contributed by atoms with Gasteiger partial charge in [-0.1, -0.05) is 6.07 Å². The minimum Gasteiger partial charge on any atom is -0.285 e. The van der Waals surface area contributed by atoms with Crippen LogP contribution in [0.15, 0.2) is 23.2 Å². The van der Waals surface area contributed by atoms with Crippen molar-refractivity contribution in [3.05, 3.63) is 35.1 Å². The first kappa shape index (κ1) is 9.22. The first-order valence-electron chi connectivity index (χ1n) is 4.14. The first-order chi connectivity index (χ1) is 6.81. The van der Waals surface area contributed by atoms with Crippen LogP contribution in [0.3, 0.4) is 0 Å². The second-order valence-corrected chi connectivity index (χ2v) is 4.00. The van der Waals surface area contributed by atoms with Crippen LogP contribution < -0.4 is 0 Å². The third-order valence-corrected chi connectivity index (χ3v) is 3.07. The van der Waals surface area contributed by atoms with Crippen molar-refractivity contribution in [3.8, 4) is 6.07 Å². The molecule has 2 nitrogen and oxygen atoms in total. The maximum atomic E-state index is 13.0. The molecule has 2 rings (SSSR count). The Morgan fingerprint density at radius 1 is 1.57 bits per heavy atom. The standard InChI is InChI=1S/C10H7FN2S/c11-9-2-1-7(3-8(9)4-12)10-5-13-6-14-10/h1-3,6,10H,5H2. The van der Waals surface area contributed by atoms with Crippen LogP contribution in [-0.2, 0) is 0 Å². The summed E-state index contributed by atoms with van der Waals surface area (Å²) in [7, 11) is 0. The molecule has 1 atom stereocenters. The Kier molecular flexibility index (Phi) is 2.51. The summed E-state index contributed by atoms with van der Waals surface area (Å²) in [6.45, 7) is 0.709. The molecule has 4 heteroatoms. The van der Waals surface area contributed by atoms with Gasteiger partial charge in [0.25, 0.3) is 0 Å². The molecular formula is C10H7FN2S. The van der Waals surface area contributed by atoms with E-state index in [9.17, 15) is 4.39 Å². The van der Waals surface area contributed by atoms with E-state index in [1.807, 2.05) is 6.07 Å². The van der Waals surface area contributed by atoms with Gasteiger partial charge in [0, 0.05) is 0 Å². The molecule has 0 radical (unpaired) electrons. The molecule has 0 fully saturated rings. The predicted molar refractivity (Wildman–Crippen MR) is 54.8 cm³/mol. The van der Waals surface area contributed by atoms with E-state index in [2.05, 4.69) is 4.99 Å².